The predicted octanol–water partition coefficient (Wildman–Crippen LogP) is 13.1. The van der Waals surface area contributed by atoms with E-state index in [0.717, 1.165) is 38.9 Å². The van der Waals surface area contributed by atoms with Gasteiger partial charge in [-0.25, -0.2) is 9.59 Å². The van der Waals surface area contributed by atoms with Crippen LogP contribution in [-0.2, 0) is 124 Å². The van der Waals surface area contributed by atoms with Gasteiger partial charge in [-0.1, -0.05) is 243 Å². The summed E-state index contributed by atoms with van der Waals surface area (Å²) < 4.78 is 106. The largest absolute Gasteiger partial charge is 0.453 e. The first kappa shape index (κ1) is 80.2. The minimum atomic E-state index is -1.67. The molecule has 3 fully saturated rings. The lowest BCUT2D eigenvalue weighted by Crippen LogP contribution is -2.70. The van der Waals surface area contributed by atoms with Crippen molar-refractivity contribution in [3.8, 4) is 0 Å². The number of ether oxygens (including phenoxy) is 15. The number of amides is 3. The zero-order valence-electron chi connectivity index (χ0n) is 62.8. The first-order valence-corrected chi connectivity index (χ1v) is 38.3. The van der Waals surface area contributed by atoms with Gasteiger partial charge in [-0.15, -0.1) is 0 Å². The van der Waals surface area contributed by atoms with Gasteiger partial charge in [0.2, 0.25) is 0 Å². The van der Waals surface area contributed by atoms with Crippen molar-refractivity contribution in [2.75, 3.05) is 33.4 Å². The maximum Gasteiger partial charge on any atom is 0.407 e. The van der Waals surface area contributed by atoms with Crippen molar-refractivity contribution in [3.05, 3.63) is 322 Å². The molecule has 15 atom stereocenters. The van der Waals surface area contributed by atoms with Crippen LogP contribution in [-0.4, -0.2) is 149 Å². The second-order valence-electron chi connectivity index (χ2n) is 27.9. The molecule has 4 aliphatic heterocycles. The van der Waals surface area contributed by atoms with Crippen LogP contribution in [0.5, 0.6) is 0 Å². The molecule has 0 bridgehead atoms. The van der Waals surface area contributed by atoms with E-state index >= 15 is 9.59 Å². The van der Waals surface area contributed by atoms with Crippen molar-refractivity contribution in [2.24, 2.45) is 0 Å². The third-order valence-corrected chi connectivity index (χ3v) is 19.9. The molecular weight excluding hydrogens is 1430 g/mol. The summed E-state index contributed by atoms with van der Waals surface area (Å²) in [6.07, 6.45) is -15.4. The van der Waals surface area contributed by atoms with Gasteiger partial charge in [0.25, 0.3) is 11.8 Å². The van der Waals surface area contributed by atoms with Crippen LogP contribution >= 0.6 is 0 Å². The smallest absolute Gasteiger partial charge is 0.407 e. The average molecular weight is 1520 g/mol. The minimum absolute atomic E-state index is 0.0316. The van der Waals surface area contributed by atoms with Gasteiger partial charge in [0.1, 0.15) is 67.6 Å². The van der Waals surface area contributed by atoms with Gasteiger partial charge in [-0.05, 0) is 88.9 Å². The third kappa shape index (κ3) is 22.3. The Hall–Kier alpha value is -9.86. The number of esters is 1. The summed E-state index contributed by atoms with van der Waals surface area (Å²) in [5, 5.41) is 8.73. The van der Waals surface area contributed by atoms with Crippen molar-refractivity contribution in [3.63, 3.8) is 0 Å². The van der Waals surface area contributed by atoms with E-state index in [1.807, 2.05) is 219 Å². The maximum absolute atomic E-state index is 15.9. The highest BCUT2D eigenvalue weighted by molar-refractivity contribution is 6.07. The molecule has 3 N–H and O–H groups in total. The highest BCUT2D eigenvalue weighted by Crippen LogP contribution is 2.40. The number of nitrogens with one attached hydrogen (secondary N) is 3. The lowest BCUT2D eigenvalue weighted by molar-refractivity contribution is -0.380. The molecule has 0 spiro atoms. The fourth-order valence-electron chi connectivity index (χ4n) is 14.1. The summed E-state index contributed by atoms with van der Waals surface area (Å²) in [5.41, 5.74) is 6.68. The molecule has 4 heterocycles. The van der Waals surface area contributed by atoms with Gasteiger partial charge in [0, 0.05) is 20.2 Å². The van der Waals surface area contributed by atoms with Crippen LogP contribution in [0, 0.1) is 0 Å². The van der Waals surface area contributed by atoms with Crippen LogP contribution in [0.15, 0.2) is 261 Å². The van der Waals surface area contributed by atoms with Crippen molar-refractivity contribution in [2.45, 2.75) is 171 Å². The Morgan fingerprint density at radius 2 is 0.893 bits per heavy atom. The summed E-state index contributed by atoms with van der Waals surface area (Å²) >= 11 is 0. The highest BCUT2D eigenvalue weighted by Gasteiger charge is 2.58. The summed E-state index contributed by atoms with van der Waals surface area (Å²) in [6.45, 7) is 2.81. The zero-order valence-corrected chi connectivity index (χ0v) is 62.8. The Kier molecular flexibility index (Phi) is 29.8. The number of rotatable bonds is 34. The van der Waals surface area contributed by atoms with Gasteiger partial charge in [0.15, 0.2) is 25.0 Å². The minimum Gasteiger partial charge on any atom is -0.453 e. The number of hydrogen-bond acceptors (Lipinski definition) is 19. The van der Waals surface area contributed by atoms with E-state index in [0.29, 0.717) is 31.4 Å². The van der Waals surface area contributed by atoms with Crippen molar-refractivity contribution in [1.82, 2.24) is 16.0 Å². The van der Waals surface area contributed by atoms with Crippen LogP contribution in [0.3, 0.4) is 0 Å². The maximum atomic E-state index is 15.9. The topological polar surface area (TPSA) is 243 Å². The number of carbonyl (C=O) groups excluding carboxylic acids is 4. The van der Waals surface area contributed by atoms with Crippen LogP contribution in [0.2, 0.25) is 0 Å². The van der Waals surface area contributed by atoms with E-state index < -0.39 is 116 Å². The molecule has 13 rings (SSSR count). The molecule has 0 aromatic heterocycles. The van der Waals surface area contributed by atoms with Gasteiger partial charge in [0.05, 0.1) is 82.3 Å². The SMILES string of the molecule is CNC(=O)c1ccccc1C(=O)N[C@H]1[C@H](O[C@H]2[C@H](OCCCCCNC(=O)OCc3ccccc3)O[C@@H](C)[C@H](OCc3ccccc3)[C@H]2OCc2ccccc2)O[C@H](COCc2ccccc2)[C@H]2O[C@H]3O[C@H](COCc4ccccc4)[C@@H](OCc4ccccc4)[C@H](OCc4ccccc4)[C@H]3OCc3ccccc3C(=O)O[C@H]12. The van der Waals surface area contributed by atoms with Gasteiger partial charge < -0.3 is 87.0 Å². The summed E-state index contributed by atoms with van der Waals surface area (Å²) in [5.74, 6) is -2.14. The molecule has 586 valence electrons. The molecule has 22 nitrogen and oxygen atoms in total. The fourth-order valence-corrected chi connectivity index (χ4v) is 14.1. The fraction of sp³-hybridized carbons (Fsp3) is 0.356. The Balaban J connectivity index is 0.914. The first-order valence-electron chi connectivity index (χ1n) is 38.3. The standard InChI is InChI=1S/C90H97N3O19/c1-61-76(101-53-64-35-15-5-16-36-64)80(103-55-66-39-19-7-20-40-66)83(88(107-61)100-50-30-10-29-49-92-90(97)106-57-68-43-23-9-24-44-68)112-87-75(93-85(95)72-48-28-27-47-71(72)84(94)91-2)79-78(74(108-87)60-99-52-63-33-13-4-14-34-63)111-89-82(105-58-69-45-25-26-46-70(69)86(96)110-79)81(104-56-67-41-21-8-22-42-67)77(102-54-65-37-17-6-18-38-65)73(109-89)59-98-51-62-31-11-3-12-32-62/h3-9,11-28,31-48,61,73-83,87-89H,10,29-30,49-60H2,1-2H3,(H,91,94)(H,92,97)(H,93,95)/t61-,73+,74+,75+,76-,77+,78+,79+,80+,81-,82+,83+,87-,88+,89+/m0/s1. The molecular formula is C90H97N3O19. The monoisotopic (exact) mass is 1520 g/mol. The second-order valence-corrected chi connectivity index (χ2v) is 27.9. The molecule has 3 amide bonds. The molecule has 9 aromatic rings. The number of benzene rings is 9. The van der Waals surface area contributed by atoms with Crippen molar-refractivity contribution in [1.29, 1.82) is 0 Å². The van der Waals surface area contributed by atoms with E-state index in [-0.39, 0.29) is 89.4 Å². The number of hydrogen-bond donors (Lipinski definition) is 3. The normalized spacial score (nSPS) is 24.3. The number of carbonyl (C=O) groups is 4. The predicted molar refractivity (Wildman–Crippen MR) is 413 cm³/mol. The molecule has 9 aromatic carbocycles. The number of unbranched alkanes of at least 4 members (excludes halogenated alkanes) is 2. The van der Waals surface area contributed by atoms with Crippen molar-refractivity contribution >= 4 is 23.9 Å². The van der Waals surface area contributed by atoms with E-state index in [1.54, 1.807) is 36.4 Å². The van der Waals surface area contributed by atoms with E-state index in [4.69, 9.17) is 71.1 Å². The first-order chi connectivity index (χ1) is 55.1. The third-order valence-electron chi connectivity index (χ3n) is 19.9. The molecule has 22 heteroatoms. The Labute approximate surface area is 653 Å². The average Bonchev–Trinajstić information content (AvgIpc) is 1.12. The molecule has 4 aliphatic rings. The van der Waals surface area contributed by atoms with Gasteiger partial charge in [-0.2, -0.15) is 0 Å². The molecule has 0 aliphatic carbocycles. The van der Waals surface area contributed by atoms with Crippen LogP contribution in [0.1, 0.15) is 102 Å². The molecule has 3 saturated heterocycles. The molecule has 0 unspecified atom stereocenters. The number of fused-ring (bicyclic) bond motifs is 3. The summed E-state index contributed by atoms with van der Waals surface area (Å²) in [7, 11) is 1.47. The van der Waals surface area contributed by atoms with Crippen LogP contribution < -0.4 is 16.0 Å². The quantitative estimate of drug-likeness (QED) is 0.0251. The lowest BCUT2D eigenvalue weighted by atomic mass is 9.93. The van der Waals surface area contributed by atoms with E-state index in [2.05, 4.69) is 16.0 Å². The number of alkyl carbamates (subject to hydrolysis) is 1. The highest BCUT2D eigenvalue weighted by atomic mass is 16.8. The van der Waals surface area contributed by atoms with Crippen LogP contribution in [0.25, 0.3) is 0 Å². The van der Waals surface area contributed by atoms with Gasteiger partial charge in [-0.3, -0.25) is 9.59 Å². The van der Waals surface area contributed by atoms with E-state index in [1.165, 1.54) is 19.2 Å². The summed E-state index contributed by atoms with van der Waals surface area (Å²) in [6, 6.07) is 79.5. The Morgan fingerprint density at radius 1 is 0.420 bits per heavy atom. The Morgan fingerprint density at radius 3 is 1.45 bits per heavy atom. The zero-order chi connectivity index (χ0) is 77.1. The summed E-state index contributed by atoms with van der Waals surface area (Å²) in [4.78, 5) is 58.4. The molecule has 0 saturated carbocycles. The lowest BCUT2D eigenvalue weighted by Gasteiger charge is -2.51. The Bertz CT molecular complexity index is 4330. The van der Waals surface area contributed by atoms with Crippen molar-refractivity contribution < 1.29 is 90.2 Å². The van der Waals surface area contributed by atoms with Gasteiger partial charge >= 0.3 is 12.1 Å². The van der Waals surface area contributed by atoms with E-state index in [9.17, 15) is 9.59 Å². The second kappa shape index (κ2) is 41.6. The van der Waals surface area contributed by atoms with Crippen LogP contribution in [0.4, 0.5) is 4.79 Å². The molecule has 112 heavy (non-hydrogen) atoms. The molecule has 0 radical (unpaired) electrons.